The number of carboxylic acid groups (broad SMARTS) is 1. The molecule has 1 atom stereocenters. The Balaban J connectivity index is 1.23. The smallest absolute Gasteiger partial charge is 0.407 e. The van der Waals surface area contributed by atoms with Gasteiger partial charge in [0.2, 0.25) is 0 Å². The van der Waals surface area contributed by atoms with E-state index in [2.05, 4.69) is 22.2 Å². The molecule has 1 aliphatic heterocycles. The molecule has 42 heavy (non-hydrogen) atoms. The molecule has 3 N–H and O–H groups in total. The van der Waals surface area contributed by atoms with Gasteiger partial charge in [0.05, 0.1) is 29.4 Å². The third-order valence-electron chi connectivity index (χ3n) is 8.85. The number of carbonyl (C=O) groups is 2. The van der Waals surface area contributed by atoms with Gasteiger partial charge in [-0.15, -0.1) is 0 Å². The molecule has 2 aliphatic rings. The van der Waals surface area contributed by atoms with Crippen LogP contribution in [0.5, 0.6) is 0 Å². The number of hydrogen-bond acceptors (Lipinski definition) is 7. The number of carbonyl (C=O) groups excluding carboxylic acids is 1. The number of fused-ring (bicyclic) bond motifs is 1. The van der Waals surface area contributed by atoms with Crippen LogP contribution in [-0.2, 0) is 0 Å². The van der Waals surface area contributed by atoms with E-state index in [1.165, 1.54) is 4.90 Å². The number of piperazine rings is 1. The molecular formula is C32H42N6O4. The average Bonchev–Trinajstić information content (AvgIpc) is 3.02. The number of pyridine rings is 2. The van der Waals surface area contributed by atoms with Gasteiger partial charge in [0.25, 0.3) is 5.91 Å². The van der Waals surface area contributed by atoms with Gasteiger partial charge in [0.15, 0.2) is 0 Å². The van der Waals surface area contributed by atoms with Crippen molar-refractivity contribution in [1.82, 2.24) is 25.1 Å². The fourth-order valence-electron chi connectivity index (χ4n) is 6.05. The normalized spacial score (nSPS) is 20.3. The van der Waals surface area contributed by atoms with E-state index in [4.69, 9.17) is 9.97 Å². The van der Waals surface area contributed by atoms with Crippen molar-refractivity contribution in [3.05, 3.63) is 54.2 Å². The molecule has 1 saturated heterocycles. The fourth-order valence-corrected chi connectivity index (χ4v) is 6.05. The van der Waals surface area contributed by atoms with Crippen molar-refractivity contribution in [2.24, 2.45) is 11.8 Å². The SMILES string of the molecule is CC(CO)N(CC1CCC(CNC(=O)c2cc(-c3ccc(N4CCN(C)CC4)nc3)nc3ccccc23)CC1)C(=O)O. The number of nitrogens with zero attached hydrogens (tertiary/aromatic N) is 5. The van der Waals surface area contributed by atoms with Crippen molar-refractivity contribution in [3.63, 3.8) is 0 Å². The summed E-state index contributed by atoms with van der Waals surface area (Å²) >= 11 is 0. The topological polar surface area (TPSA) is 122 Å². The van der Waals surface area contributed by atoms with Crippen molar-refractivity contribution in [3.8, 4) is 11.3 Å². The molecule has 1 aromatic carbocycles. The minimum Gasteiger partial charge on any atom is -0.465 e. The largest absolute Gasteiger partial charge is 0.465 e. The van der Waals surface area contributed by atoms with Crippen LogP contribution in [0.4, 0.5) is 10.6 Å². The molecule has 5 rings (SSSR count). The Morgan fingerprint density at radius 1 is 1.05 bits per heavy atom. The van der Waals surface area contributed by atoms with E-state index in [-0.39, 0.29) is 18.4 Å². The number of para-hydroxylation sites is 1. The number of hydrogen-bond donors (Lipinski definition) is 3. The Morgan fingerprint density at radius 3 is 2.43 bits per heavy atom. The quantitative estimate of drug-likeness (QED) is 0.351. The summed E-state index contributed by atoms with van der Waals surface area (Å²) in [6.45, 7) is 6.49. The van der Waals surface area contributed by atoms with Crippen molar-refractivity contribution >= 4 is 28.7 Å². The first-order valence-electron chi connectivity index (χ1n) is 15.0. The summed E-state index contributed by atoms with van der Waals surface area (Å²) in [5.41, 5.74) is 2.96. The zero-order valence-electron chi connectivity index (χ0n) is 24.6. The van der Waals surface area contributed by atoms with E-state index in [1.54, 1.807) is 6.92 Å². The maximum absolute atomic E-state index is 13.5. The molecule has 1 saturated carbocycles. The second-order valence-corrected chi connectivity index (χ2v) is 11.8. The number of aliphatic hydroxyl groups is 1. The standard InChI is InChI=1S/C32H42N6O4/c1-22(21-39)38(32(41)42)20-24-9-7-23(8-10-24)18-34-31(40)27-17-29(35-28-6-4-3-5-26(27)28)25-11-12-30(33-19-25)37-15-13-36(2)14-16-37/h3-6,11-12,17,19,22-24,39H,7-10,13-16,18,20-21H2,1-2H3,(H,34,40)(H,41,42). The van der Waals surface area contributed by atoms with E-state index in [9.17, 15) is 19.8 Å². The predicted octanol–water partition coefficient (Wildman–Crippen LogP) is 3.95. The lowest BCUT2D eigenvalue weighted by atomic mass is 9.81. The Bertz CT molecular complexity index is 1370. The monoisotopic (exact) mass is 574 g/mol. The minimum absolute atomic E-state index is 0.118. The minimum atomic E-state index is -0.989. The summed E-state index contributed by atoms with van der Waals surface area (Å²) in [6.07, 6.45) is 4.53. The van der Waals surface area contributed by atoms with Crippen LogP contribution in [0.1, 0.15) is 43.0 Å². The van der Waals surface area contributed by atoms with Crippen molar-refractivity contribution in [1.29, 1.82) is 0 Å². The van der Waals surface area contributed by atoms with E-state index < -0.39 is 12.1 Å². The molecule has 2 amide bonds. The zero-order valence-corrected chi connectivity index (χ0v) is 24.6. The third kappa shape index (κ3) is 6.99. The highest BCUT2D eigenvalue weighted by Gasteiger charge is 2.27. The van der Waals surface area contributed by atoms with Crippen LogP contribution in [0, 0.1) is 11.8 Å². The van der Waals surface area contributed by atoms with Crippen LogP contribution in [0.3, 0.4) is 0 Å². The first-order valence-corrected chi connectivity index (χ1v) is 15.0. The number of rotatable bonds is 9. The summed E-state index contributed by atoms with van der Waals surface area (Å²) in [5, 5.41) is 22.9. The van der Waals surface area contributed by atoms with Gasteiger partial charge in [-0.2, -0.15) is 0 Å². The van der Waals surface area contributed by atoms with Crippen LogP contribution < -0.4 is 10.2 Å². The molecule has 3 aromatic rings. The van der Waals surface area contributed by atoms with E-state index in [1.807, 2.05) is 48.7 Å². The van der Waals surface area contributed by atoms with E-state index in [0.717, 1.165) is 79.8 Å². The van der Waals surface area contributed by atoms with Gasteiger partial charge in [0.1, 0.15) is 5.82 Å². The fraction of sp³-hybridized carbons (Fsp3) is 0.500. The van der Waals surface area contributed by atoms with Gasteiger partial charge < -0.3 is 30.2 Å². The van der Waals surface area contributed by atoms with Gasteiger partial charge in [-0.05, 0) is 75.8 Å². The van der Waals surface area contributed by atoms with Crippen molar-refractivity contribution < 1.29 is 19.8 Å². The van der Waals surface area contributed by atoms with E-state index in [0.29, 0.717) is 24.6 Å². The average molecular weight is 575 g/mol. The molecule has 0 bridgehead atoms. The van der Waals surface area contributed by atoms with Crippen molar-refractivity contribution in [2.75, 3.05) is 57.8 Å². The number of amides is 2. The van der Waals surface area contributed by atoms with Crippen molar-refractivity contribution in [2.45, 2.75) is 38.6 Å². The van der Waals surface area contributed by atoms with Gasteiger partial charge in [-0.3, -0.25) is 4.79 Å². The highest BCUT2D eigenvalue weighted by molar-refractivity contribution is 6.07. The van der Waals surface area contributed by atoms with Crippen LogP contribution in [0.15, 0.2) is 48.7 Å². The second kappa shape index (κ2) is 13.5. The molecule has 1 unspecified atom stereocenters. The molecule has 10 nitrogen and oxygen atoms in total. The third-order valence-corrected chi connectivity index (χ3v) is 8.85. The maximum atomic E-state index is 13.5. The predicted molar refractivity (Wildman–Crippen MR) is 164 cm³/mol. The number of aliphatic hydroxyl groups excluding tert-OH is 1. The summed E-state index contributed by atoms with van der Waals surface area (Å²) in [7, 11) is 2.14. The molecule has 2 fully saturated rings. The Hall–Kier alpha value is -3.76. The lowest BCUT2D eigenvalue weighted by molar-refractivity contribution is 0.0844. The Labute approximate surface area is 247 Å². The number of nitrogens with one attached hydrogen (secondary N) is 1. The van der Waals surface area contributed by atoms with Crippen LogP contribution in [0.2, 0.25) is 0 Å². The maximum Gasteiger partial charge on any atom is 0.407 e. The zero-order chi connectivity index (χ0) is 29.6. The molecular weight excluding hydrogens is 532 g/mol. The molecule has 1 aliphatic carbocycles. The lowest BCUT2D eigenvalue weighted by Gasteiger charge is -2.33. The summed E-state index contributed by atoms with van der Waals surface area (Å²) < 4.78 is 0. The molecule has 2 aromatic heterocycles. The summed E-state index contributed by atoms with van der Waals surface area (Å²) in [4.78, 5) is 40.6. The molecule has 0 spiro atoms. The summed E-state index contributed by atoms with van der Waals surface area (Å²) in [6, 6.07) is 13.2. The van der Waals surface area contributed by atoms with Crippen LogP contribution >= 0.6 is 0 Å². The van der Waals surface area contributed by atoms with Gasteiger partial charge in [-0.1, -0.05) is 18.2 Å². The highest BCUT2D eigenvalue weighted by atomic mass is 16.4. The molecule has 224 valence electrons. The number of benzene rings is 1. The second-order valence-electron chi connectivity index (χ2n) is 11.8. The summed E-state index contributed by atoms with van der Waals surface area (Å²) in [5.74, 6) is 1.45. The highest BCUT2D eigenvalue weighted by Crippen LogP contribution is 2.30. The number of anilines is 1. The molecule has 3 heterocycles. The Morgan fingerprint density at radius 2 is 1.76 bits per heavy atom. The number of likely N-dealkylation sites (N-methyl/N-ethyl adjacent to an activating group) is 1. The first-order chi connectivity index (χ1) is 20.3. The van der Waals surface area contributed by atoms with Crippen LogP contribution in [-0.4, -0.2) is 101 Å². The van der Waals surface area contributed by atoms with E-state index >= 15 is 0 Å². The number of aromatic nitrogens is 2. The molecule has 10 heteroatoms. The first kappa shape index (κ1) is 29.7. The van der Waals surface area contributed by atoms with Crippen LogP contribution in [0.25, 0.3) is 22.2 Å². The molecule has 0 radical (unpaired) electrons. The van der Waals surface area contributed by atoms with Gasteiger partial charge >= 0.3 is 6.09 Å². The van der Waals surface area contributed by atoms with Gasteiger partial charge in [0, 0.05) is 56.4 Å². The lowest BCUT2D eigenvalue weighted by Crippen LogP contribution is -2.44. The Kier molecular flexibility index (Phi) is 9.54. The van der Waals surface area contributed by atoms with Gasteiger partial charge in [-0.25, -0.2) is 14.8 Å².